The SMILES string of the molecule is CC1CNC(C)(C)C(=O)N1Cc1ccco1. The third kappa shape index (κ3) is 1.97. The van der Waals surface area contributed by atoms with Crippen LogP contribution in [0.1, 0.15) is 26.5 Å². The number of carbonyl (C=O) groups is 1. The maximum atomic E-state index is 12.2. The van der Waals surface area contributed by atoms with Crippen LogP contribution in [0.4, 0.5) is 0 Å². The minimum absolute atomic E-state index is 0.127. The van der Waals surface area contributed by atoms with Crippen LogP contribution in [0.15, 0.2) is 22.8 Å². The van der Waals surface area contributed by atoms with Gasteiger partial charge in [-0.2, -0.15) is 0 Å². The van der Waals surface area contributed by atoms with Gasteiger partial charge in [-0.15, -0.1) is 0 Å². The fourth-order valence-corrected chi connectivity index (χ4v) is 1.95. The Hall–Kier alpha value is -1.29. The zero-order valence-electron chi connectivity index (χ0n) is 9.99. The standard InChI is InChI=1S/C12H18N2O2/c1-9-7-13-12(2,3)11(15)14(9)8-10-5-4-6-16-10/h4-6,9,13H,7-8H2,1-3H3. The fraction of sp³-hybridized carbons (Fsp3) is 0.583. The molecule has 1 aromatic heterocycles. The molecule has 16 heavy (non-hydrogen) atoms. The van der Waals surface area contributed by atoms with Gasteiger partial charge in [0.1, 0.15) is 5.76 Å². The molecular formula is C12H18N2O2. The lowest BCUT2D eigenvalue weighted by atomic mass is 9.98. The Morgan fingerprint density at radius 1 is 1.62 bits per heavy atom. The van der Waals surface area contributed by atoms with E-state index in [0.717, 1.165) is 12.3 Å². The van der Waals surface area contributed by atoms with Gasteiger partial charge in [0.05, 0.1) is 18.3 Å². The Morgan fingerprint density at radius 2 is 2.38 bits per heavy atom. The first kappa shape index (κ1) is 11.2. The van der Waals surface area contributed by atoms with Crippen LogP contribution in [0.3, 0.4) is 0 Å². The molecule has 1 saturated heterocycles. The summed E-state index contributed by atoms with van der Waals surface area (Å²) >= 11 is 0. The normalized spacial score (nSPS) is 24.8. The van der Waals surface area contributed by atoms with Gasteiger partial charge in [0.25, 0.3) is 0 Å². The van der Waals surface area contributed by atoms with Gasteiger partial charge in [-0.25, -0.2) is 0 Å². The van der Waals surface area contributed by atoms with Crippen molar-refractivity contribution in [2.24, 2.45) is 0 Å². The van der Waals surface area contributed by atoms with Gasteiger partial charge in [0, 0.05) is 12.6 Å². The van der Waals surface area contributed by atoms with E-state index in [1.165, 1.54) is 0 Å². The molecule has 1 amide bonds. The lowest BCUT2D eigenvalue weighted by molar-refractivity contribution is -0.143. The van der Waals surface area contributed by atoms with Crippen molar-refractivity contribution in [2.45, 2.75) is 38.9 Å². The lowest BCUT2D eigenvalue weighted by Gasteiger charge is -2.42. The molecule has 1 unspecified atom stereocenters. The predicted molar refractivity (Wildman–Crippen MR) is 60.8 cm³/mol. The zero-order valence-corrected chi connectivity index (χ0v) is 9.99. The average Bonchev–Trinajstić information content (AvgIpc) is 2.72. The van der Waals surface area contributed by atoms with Crippen LogP contribution in [0.25, 0.3) is 0 Å². The molecule has 1 aliphatic rings. The molecule has 88 valence electrons. The van der Waals surface area contributed by atoms with E-state index in [1.54, 1.807) is 6.26 Å². The number of piperazine rings is 1. The van der Waals surface area contributed by atoms with Gasteiger partial charge in [0.15, 0.2) is 0 Å². The first-order valence-electron chi connectivity index (χ1n) is 5.59. The van der Waals surface area contributed by atoms with E-state index in [2.05, 4.69) is 5.32 Å². The van der Waals surface area contributed by atoms with Crippen LogP contribution < -0.4 is 5.32 Å². The highest BCUT2D eigenvalue weighted by atomic mass is 16.3. The molecule has 1 atom stereocenters. The number of nitrogens with one attached hydrogen (secondary N) is 1. The Balaban J connectivity index is 2.14. The second-order valence-corrected chi connectivity index (χ2v) is 4.87. The summed E-state index contributed by atoms with van der Waals surface area (Å²) in [7, 11) is 0. The van der Waals surface area contributed by atoms with E-state index in [-0.39, 0.29) is 11.9 Å². The van der Waals surface area contributed by atoms with E-state index >= 15 is 0 Å². The number of carbonyl (C=O) groups excluding carboxylic acids is 1. The van der Waals surface area contributed by atoms with Crippen LogP contribution in [0, 0.1) is 0 Å². The van der Waals surface area contributed by atoms with Crippen LogP contribution in [-0.2, 0) is 11.3 Å². The highest BCUT2D eigenvalue weighted by molar-refractivity contribution is 5.86. The van der Waals surface area contributed by atoms with E-state index in [4.69, 9.17) is 4.42 Å². The zero-order chi connectivity index (χ0) is 11.8. The van der Waals surface area contributed by atoms with Crippen molar-refractivity contribution >= 4 is 5.91 Å². The van der Waals surface area contributed by atoms with Crippen molar-refractivity contribution in [3.8, 4) is 0 Å². The van der Waals surface area contributed by atoms with Crippen molar-refractivity contribution < 1.29 is 9.21 Å². The van der Waals surface area contributed by atoms with Crippen LogP contribution in [-0.4, -0.2) is 28.9 Å². The Kier molecular flexibility index (Phi) is 2.76. The van der Waals surface area contributed by atoms with Crippen LogP contribution in [0.5, 0.6) is 0 Å². The van der Waals surface area contributed by atoms with Gasteiger partial charge in [0.2, 0.25) is 5.91 Å². The van der Waals surface area contributed by atoms with E-state index in [0.29, 0.717) is 6.54 Å². The first-order valence-corrected chi connectivity index (χ1v) is 5.59. The van der Waals surface area contributed by atoms with E-state index in [1.807, 2.05) is 37.8 Å². The molecule has 1 aliphatic heterocycles. The highest BCUT2D eigenvalue weighted by Crippen LogP contribution is 2.19. The summed E-state index contributed by atoms with van der Waals surface area (Å²) in [6, 6.07) is 3.94. The summed E-state index contributed by atoms with van der Waals surface area (Å²) in [6.07, 6.45) is 1.64. The summed E-state index contributed by atoms with van der Waals surface area (Å²) in [5.41, 5.74) is -0.473. The van der Waals surface area contributed by atoms with Crippen molar-refractivity contribution in [1.29, 1.82) is 0 Å². The number of amides is 1. The number of hydrogen-bond donors (Lipinski definition) is 1. The molecule has 0 bridgehead atoms. The van der Waals surface area contributed by atoms with Gasteiger partial charge in [-0.3, -0.25) is 4.79 Å². The van der Waals surface area contributed by atoms with Crippen LogP contribution in [0.2, 0.25) is 0 Å². The van der Waals surface area contributed by atoms with Gasteiger partial charge >= 0.3 is 0 Å². The topological polar surface area (TPSA) is 45.5 Å². The number of rotatable bonds is 2. The molecule has 4 heteroatoms. The van der Waals surface area contributed by atoms with Crippen molar-refractivity contribution in [2.75, 3.05) is 6.54 Å². The summed E-state index contributed by atoms with van der Waals surface area (Å²) in [5, 5.41) is 3.25. The third-order valence-electron chi connectivity index (χ3n) is 3.07. The molecule has 0 saturated carbocycles. The number of furan rings is 1. The maximum absolute atomic E-state index is 12.2. The summed E-state index contributed by atoms with van der Waals surface area (Å²) < 4.78 is 5.29. The molecule has 1 N–H and O–H groups in total. The van der Waals surface area contributed by atoms with Gasteiger partial charge < -0.3 is 14.6 Å². The molecule has 1 aromatic rings. The Bertz CT molecular complexity index is 370. The smallest absolute Gasteiger partial charge is 0.242 e. The lowest BCUT2D eigenvalue weighted by Crippen LogP contribution is -2.64. The average molecular weight is 222 g/mol. The Labute approximate surface area is 95.6 Å². The molecule has 2 rings (SSSR count). The molecule has 0 aliphatic carbocycles. The third-order valence-corrected chi connectivity index (χ3v) is 3.07. The largest absolute Gasteiger partial charge is 0.467 e. The maximum Gasteiger partial charge on any atom is 0.242 e. The monoisotopic (exact) mass is 222 g/mol. The molecule has 0 radical (unpaired) electrons. The van der Waals surface area contributed by atoms with Gasteiger partial charge in [-0.1, -0.05) is 0 Å². The molecule has 2 heterocycles. The second kappa shape index (κ2) is 3.94. The quantitative estimate of drug-likeness (QED) is 0.822. The van der Waals surface area contributed by atoms with Crippen molar-refractivity contribution in [1.82, 2.24) is 10.2 Å². The molecule has 1 fully saturated rings. The van der Waals surface area contributed by atoms with E-state index < -0.39 is 5.54 Å². The van der Waals surface area contributed by atoms with Crippen molar-refractivity contribution in [3.63, 3.8) is 0 Å². The first-order chi connectivity index (χ1) is 7.50. The summed E-state index contributed by atoms with van der Waals surface area (Å²) in [6.45, 7) is 7.24. The molecule has 0 aromatic carbocycles. The molecular weight excluding hydrogens is 204 g/mol. The highest BCUT2D eigenvalue weighted by Gasteiger charge is 2.38. The predicted octanol–water partition coefficient (Wildman–Crippen LogP) is 1.38. The minimum atomic E-state index is -0.473. The van der Waals surface area contributed by atoms with Crippen LogP contribution >= 0.6 is 0 Å². The molecule has 4 nitrogen and oxygen atoms in total. The second-order valence-electron chi connectivity index (χ2n) is 4.87. The summed E-state index contributed by atoms with van der Waals surface area (Å²) in [5.74, 6) is 0.959. The Morgan fingerprint density at radius 3 is 3.00 bits per heavy atom. The molecule has 0 spiro atoms. The number of nitrogens with zero attached hydrogens (tertiary/aromatic N) is 1. The minimum Gasteiger partial charge on any atom is -0.467 e. The summed E-state index contributed by atoms with van der Waals surface area (Å²) in [4.78, 5) is 14.1. The fourth-order valence-electron chi connectivity index (χ4n) is 1.95. The van der Waals surface area contributed by atoms with Gasteiger partial charge in [-0.05, 0) is 32.9 Å². The van der Waals surface area contributed by atoms with E-state index in [9.17, 15) is 4.79 Å². The van der Waals surface area contributed by atoms with Crippen molar-refractivity contribution in [3.05, 3.63) is 24.2 Å². The number of hydrogen-bond acceptors (Lipinski definition) is 3.